The van der Waals surface area contributed by atoms with Gasteiger partial charge in [-0.1, -0.05) is 30.3 Å². The van der Waals surface area contributed by atoms with E-state index >= 15 is 0 Å². The first-order valence-electron chi connectivity index (χ1n) is 7.84. The summed E-state index contributed by atoms with van der Waals surface area (Å²) in [7, 11) is 0. The average molecular weight is 325 g/mol. The molecule has 0 bridgehead atoms. The van der Waals surface area contributed by atoms with Crippen LogP contribution >= 0.6 is 11.3 Å². The fourth-order valence-corrected chi connectivity index (χ4v) is 4.09. The fourth-order valence-electron chi connectivity index (χ4n) is 3.34. The Hall–Kier alpha value is -1.95. The predicted octanol–water partition coefficient (Wildman–Crippen LogP) is 3.06. The number of H-pyrrole nitrogens is 1. The van der Waals surface area contributed by atoms with Gasteiger partial charge in [-0.15, -0.1) is 11.3 Å². The zero-order valence-corrected chi connectivity index (χ0v) is 13.6. The number of thiophene rings is 1. The lowest BCUT2D eigenvalue weighted by Crippen LogP contribution is -2.36. The first-order chi connectivity index (χ1) is 11.3. The number of nitrogens with one attached hydrogen (secondary N) is 2. The SMILES string of the molecule is OC1(CNCc2cn[nH]c2-c2cccs2)CCc2ccccc21. The highest BCUT2D eigenvalue weighted by molar-refractivity contribution is 7.13. The first kappa shape index (κ1) is 14.6. The summed E-state index contributed by atoms with van der Waals surface area (Å²) in [6, 6.07) is 12.3. The first-order valence-corrected chi connectivity index (χ1v) is 8.72. The van der Waals surface area contributed by atoms with Crippen molar-refractivity contribution in [1.29, 1.82) is 0 Å². The third-order valence-corrected chi connectivity index (χ3v) is 5.43. The topological polar surface area (TPSA) is 60.9 Å². The fraction of sp³-hybridized carbons (Fsp3) is 0.278. The van der Waals surface area contributed by atoms with E-state index in [4.69, 9.17) is 0 Å². The molecule has 3 aromatic rings. The van der Waals surface area contributed by atoms with E-state index in [9.17, 15) is 5.11 Å². The van der Waals surface area contributed by atoms with Crippen molar-refractivity contribution < 1.29 is 5.11 Å². The van der Waals surface area contributed by atoms with E-state index < -0.39 is 5.60 Å². The summed E-state index contributed by atoms with van der Waals surface area (Å²) >= 11 is 1.70. The van der Waals surface area contributed by atoms with Gasteiger partial charge in [-0.25, -0.2) is 0 Å². The zero-order valence-electron chi connectivity index (χ0n) is 12.7. The highest BCUT2D eigenvalue weighted by atomic mass is 32.1. The lowest BCUT2D eigenvalue weighted by molar-refractivity contribution is 0.0384. The van der Waals surface area contributed by atoms with Crippen molar-refractivity contribution >= 4 is 11.3 Å². The Labute approximate surface area is 139 Å². The summed E-state index contributed by atoms with van der Waals surface area (Å²) in [5.74, 6) is 0. The molecule has 0 radical (unpaired) electrons. The van der Waals surface area contributed by atoms with E-state index in [1.54, 1.807) is 11.3 Å². The summed E-state index contributed by atoms with van der Waals surface area (Å²) in [6.45, 7) is 1.24. The van der Waals surface area contributed by atoms with Crippen LogP contribution in [0.1, 0.15) is 23.1 Å². The van der Waals surface area contributed by atoms with Gasteiger partial charge in [0, 0.05) is 18.7 Å². The Morgan fingerprint density at radius 2 is 2.17 bits per heavy atom. The van der Waals surface area contributed by atoms with E-state index in [0.29, 0.717) is 13.1 Å². The summed E-state index contributed by atoms with van der Waals surface area (Å²) in [5.41, 5.74) is 3.76. The van der Waals surface area contributed by atoms with Crippen LogP contribution in [-0.2, 0) is 18.6 Å². The third kappa shape index (κ3) is 2.72. The maximum absolute atomic E-state index is 10.9. The van der Waals surface area contributed by atoms with Crippen molar-refractivity contribution in [3.8, 4) is 10.6 Å². The van der Waals surface area contributed by atoms with Gasteiger partial charge in [0.05, 0.1) is 16.8 Å². The summed E-state index contributed by atoms with van der Waals surface area (Å²) in [5, 5.41) is 23.6. The molecule has 1 unspecified atom stereocenters. The highest BCUT2D eigenvalue weighted by Crippen LogP contribution is 2.36. The number of rotatable bonds is 5. The monoisotopic (exact) mass is 325 g/mol. The molecule has 118 valence electrons. The minimum absolute atomic E-state index is 0.555. The molecule has 0 spiro atoms. The van der Waals surface area contributed by atoms with Gasteiger partial charge in [-0.05, 0) is 35.4 Å². The van der Waals surface area contributed by atoms with Gasteiger partial charge in [0.25, 0.3) is 0 Å². The van der Waals surface area contributed by atoms with Crippen molar-refractivity contribution in [2.45, 2.75) is 25.0 Å². The van der Waals surface area contributed by atoms with Crippen LogP contribution in [0.4, 0.5) is 0 Å². The molecule has 2 aromatic heterocycles. The normalized spacial score (nSPS) is 19.9. The number of aryl methyl sites for hydroxylation is 1. The van der Waals surface area contributed by atoms with Gasteiger partial charge >= 0.3 is 0 Å². The van der Waals surface area contributed by atoms with Crippen molar-refractivity contribution in [1.82, 2.24) is 15.5 Å². The van der Waals surface area contributed by atoms with Gasteiger partial charge < -0.3 is 10.4 Å². The van der Waals surface area contributed by atoms with Gasteiger partial charge in [0.1, 0.15) is 5.60 Å². The van der Waals surface area contributed by atoms with Crippen molar-refractivity contribution in [2.75, 3.05) is 6.54 Å². The quantitative estimate of drug-likeness (QED) is 0.676. The molecule has 0 saturated carbocycles. The van der Waals surface area contributed by atoms with Crippen LogP contribution in [0.25, 0.3) is 10.6 Å². The second-order valence-corrected chi connectivity index (χ2v) is 6.99. The zero-order chi connectivity index (χ0) is 15.7. The maximum atomic E-state index is 10.9. The number of aliphatic hydroxyl groups is 1. The van der Waals surface area contributed by atoms with E-state index in [1.807, 2.05) is 30.5 Å². The summed E-state index contributed by atoms with van der Waals surface area (Å²) in [6.07, 6.45) is 3.58. The molecule has 1 aliphatic rings. The molecule has 0 amide bonds. The molecule has 1 aromatic carbocycles. The van der Waals surface area contributed by atoms with Crippen molar-refractivity contribution in [3.63, 3.8) is 0 Å². The molecule has 4 nitrogen and oxygen atoms in total. The molecule has 23 heavy (non-hydrogen) atoms. The van der Waals surface area contributed by atoms with E-state index in [-0.39, 0.29) is 0 Å². The number of aromatic nitrogens is 2. The Morgan fingerprint density at radius 1 is 1.26 bits per heavy atom. The molecule has 1 aliphatic carbocycles. The van der Waals surface area contributed by atoms with E-state index in [0.717, 1.165) is 29.7 Å². The number of benzene rings is 1. The third-order valence-electron chi connectivity index (χ3n) is 4.54. The molecule has 5 heteroatoms. The molecule has 1 atom stereocenters. The van der Waals surface area contributed by atoms with E-state index in [2.05, 4.69) is 33.0 Å². The van der Waals surface area contributed by atoms with Crippen LogP contribution in [0.15, 0.2) is 48.0 Å². The Bertz CT molecular complexity index is 796. The molecule has 3 N–H and O–H groups in total. The lowest BCUT2D eigenvalue weighted by atomic mass is 9.96. The highest BCUT2D eigenvalue weighted by Gasteiger charge is 2.35. The smallest absolute Gasteiger partial charge is 0.103 e. The van der Waals surface area contributed by atoms with Crippen LogP contribution < -0.4 is 5.32 Å². The minimum Gasteiger partial charge on any atom is -0.384 e. The van der Waals surface area contributed by atoms with Crippen LogP contribution in [0.3, 0.4) is 0 Å². The number of aromatic amines is 1. The van der Waals surface area contributed by atoms with Gasteiger partial charge in [0.15, 0.2) is 0 Å². The van der Waals surface area contributed by atoms with Crippen LogP contribution in [0.5, 0.6) is 0 Å². The molecule has 0 saturated heterocycles. The molecular formula is C18H19N3OS. The van der Waals surface area contributed by atoms with Crippen molar-refractivity contribution in [3.05, 3.63) is 64.7 Å². The van der Waals surface area contributed by atoms with Crippen LogP contribution in [0.2, 0.25) is 0 Å². The summed E-state index contributed by atoms with van der Waals surface area (Å²) in [4.78, 5) is 1.18. The Kier molecular flexibility index (Phi) is 3.77. The molecular weight excluding hydrogens is 306 g/mol. The number of hydrogen-bond acceptors (Lipinski definition) is 4. The van der Waals surface area contributed by atoms with Gasteiger partial charge in [-0.3, -0.25) is 5.10 Å². The molecule has 0 aliphatic heterocycles. The van der Waals surface area contributed by atoms with Gasteiger partial charge in [0.2, 0.25) is 0 Å². The number of hydrogen-bond donors (Lipinski definition) is 3. The predicted molar refractivity (Wildman–Crippen MR) is 92.3 cm³/mol. The largest absolute Gasteiger partial charge is 0.384 e. The number of fused-ring (bicyclic) bond motifs is 1. The number of nitrogens with zero attached hydrogens (tertiary/aromatic N) is 1. The second-order valence-electron chi connectivity index (χ2n) is 6.04. The lowest BCUT2D eigenvalue weighted by Gasteiger charge is -2.24. The molecule has 4 rings (SSSR count). The standard InChI is InChI=1S/C18H19N3OS/c22-18(8-7-13-4-1-2-5-15(13)18)12-19-10-14-11-20-21-17(14)16-6-3-9-23-16/h1-6,9,11,19,22H,7-8,10,12H2,(H,20,21). The summed E-state index contributed by atoms with van der Waals surface area (Å²) < 4.78 is 0. The van der Waals surface area contributed by atoms with Gasteiger partial charge in [-0.2, -0.15) is 5.10 Å². The minimum atomic E-state index is -0.760. The molecule has 2 heterocycles. The maximum Gasteiger partial charge on any atom is 0.103 e. The Morgan fingerprint density at radius 3 is 3.04 bits per heavy atom. The average Bonchev–Trinajstić information content (AvgIpc) is 3.28. The second kappa shape index (κ2) is 5.92. The van der Waals surface area contributed by atoms with Crippen LogP contribution in [0, 0.1) is 0 Å². The van der Waals surface area contributed by atoms with Crippen molar-refractivity contribution in [2.24, 2.45) is 0 Å². The van der Waals surface area contributed by atoms with Crippen LogP contribution in [-0.4, -0.2) is 21.8 Å². The van der Waals surface area contributed by atoms with E-state index in [1.165, 1.54) is 10.4 Å². The Balaban J connectivity index is 1.45. The molecule has 0 fully saturated rings.